The molecule has 2 rings (SSSR count). The fourth-order valence-electron chi connectivity index (χ4n) is 2.18. The summed E-state index contributed by atoms with van der Waals surface area (Å²) >= 11 is 5.23. The number of carbonyl (C=O) groups excluding carboxylic acids is 1. The summed E-state index contributed by atoms with van der Waals surface area (Å²) in [5.74, 6) is -2.63. The lowest BCUT2D eigenvalue weighted by Gasteiger charge is -2.10. The average Bonchev–Trinajstić information content (AvgIpc) is 2.65. The van der Waals surface area contributed by atoms with Gasteiger partial charge in [0.2, 0.25) is 0 Å². The molecular formula is C19H12BrIN2O6. The maximum Gasteiger partial charge on any atom is 0.341 e. The number of aliphatic carboxylic acids is 1. The highest BCUT2D eigenvalue weighted by Crippen LogP contribution is 2.32. The highest BCUT2D eigenvalue weighted by Gasteiger charge is 2.14. The fourth-order valence-corrected chi connectivity index (χ4v) is 3.95. The molecule has 0 radical (unpaired) electrons. The molecule has 0 saturated heterocycles. The second-order valence-corrected chi connectivity index (χ2v) is 7.52. The van der Waals surface area contributed by atoms with E-state index < -0.39 is 24.5 Å². The van der Waals surface area contributed by atoms with Gasteiger partial charge in [-0.25, -0.2) is 9.59 Å². The van der Waals surface area contributed by atoms with Crippen LogP contribution in [-0.4, -0.2) is 34.7 Å². The molecule has 8 nitrogen and oxygen atoms in total. The van der Waals surface area contributed by atoms with Crippen LogP contribution in [0.4, 0.5) is 5.69 Å². The first-order valence-electron chi connectivity index (χ1n) is 7.81. The van der Waals surface area contributed by atoms with Crippen molar-refractivity contribution in [1.29, 1.82) is 5.26 Å². The number of nitrogens with one attached hydrogen (secondary N) is 1. The number of nitriles is 1. The second-order valence-electron chi connectivity index (χ2n) is 5.51. The van der Waals surface area contributed by atoms with E-state index in [0.29, 0.717) is 19.4 Å². The number of amides is 1. The minimum Gasteiger partial charge on any atom is -0.480 e. The summed E-state index contributed by atoms with van der Waals surface area (Å²) in [4.78, 5) is 34.1. The summed E-state index contributed by atoms with van der Waals surface area (Å²) in [6.07, 6.45) is 1.35. The first-order chi connectivity index (χ1) is 13.7. The monoisotopic (exact) mass is 570 g/mol. The molecule has 0 saturated carbocycles. The topological polar surface area (TPSA) is 137 Å². The Hall–Kier alpha value is -2.91. The van der Waals surface area contributed by atoms with Crippen LogP contribution in [0.1, 0.15) is 15.9 Å². The zero-order valence-electron chi connectivity index (χ0n) is 14.5. The van der Waals surface area contributed by atoms with Gasteiger partial charge in [-0.2, -0.15) is 5.26 Å². The Bertz CT molecular complexity index is 1040. The maximum absolute atomic E-state index is 12.4. The van der Waals surface area contributed by atoms with Crippen LogP contribution in [-0.2, 0) is 9.59 Å². The highest BCUT2D eigenvalue weighted by atomic mass is 127. The maximum atomic E-state index is 12.4. The van der Waals surface area contributed by atoms with Crippen molar-refractivity contribution in [3.8, 4) is 11.8 Å². The van der Waals surface area contributed by atoms with Crippen molar-refractivity contribution >= 4 is 68.1 Å². The largest absolute Gasteiger partial charge is 0.480 e. The Morgan fingerprint density at radius 2 is 1.97 bits per heavy atom. The number of ether oxygens (including phenoxy) is 1. The van der Waals surface area contributed by atoms with Gasteiger partial charge in [-0.15, -0.1) is 0 Å². The van der Waals surface area contributed by atoms with E-state index in [1.165, 1.54) is 30.3 Å². The number of hydrogen-bond donors (Lipinski definition) is 3. The summed E-state index contributed by atoms with van der Waals surface area (Å²) in [6, 6.07) is 10.7. The van der Waals surface area contributed by atoms with Gasteiger partial charge in [-0.1, -0.05) is 6.07 Å². The number of anilines is 1. The van der Waals surface area contributed by atoms with Crippen LogP contribution in [0.5, 0.6) is 5.75 Å². The lowest BCUT2D eigenvalue weighted by atomic mass is 10.1. The molecule has 0 aliphatic rings. The number of hydrogen-bond acceptors (Lipinski definition) is 5. The van der Waals surface area contributed by atoms with Gasteiger partial charge in [0.1, 0.15) is 17.4 Å². The molecule has 2 aromatic carbocycles. The van der Waals surface area contributed by atoms with E-state index in [1.807, 2.05) is 28.7 Å². The Morgan fingerprint density at radius 3 is 2.55 bits per heavy atom. The minimum atomic E-state index is -1.14. The van der Waals surface area contributed by atoms with Crippen LogP contribution in [0, 0.1) is 14.9 Å². The first kappa shape index (κ1) is 22.4. The van der Waals surface area contributed by atoms with Crippen LogP contribution in [0.15, 0.2) is 46.4 Å². The summed E-state index contributed by atoms with van der Waals surface area (Å²) in [6.45, 7) is -0.509. The summed E-state index contributed by atoms with van der Waals surface area (Å²) in [5.41, 5.74) is 0.549. The van der Waals surface area contributed by atoms with Crippen molar-refractivity contribution < 1.29 is 29.3 Å². The second kappa shape index (κ2) is 10.0. The van der Waals surface area contributed by atoms with Gasteiger partial charge >= 0.3 is 11.9 Å². The molecule has 0 aromatic heterocycles. The molecule has 10 heteroatoms. The minimum absolute atomic E-state index is 0.000668. The normalized spacial score (nSPS) is 10.7. The quantitative estimate of drug-likeness (QED) is 0.262. The molecular weight excluding hydrogens is 559 g/mol. The SMILES string of the molecule is N#C/C(=C/c1cc(Br)c(OCC(=O)O)c(I)c1)C(=O)Nc1cccc(C(=O)O)c1. The third kappa shape index (κ3) is 6.30. The van der Waals surface area contributed by atoms with Crippen LogP contribution in [0.25, 0.3) is 6.08 Å². The van der Waals surface area contributed by atoms with E-state index >= 15 is 0 Å². The van der Waals surface area contributed by atoms with Crippen LogP contribution in [0.3, 0.4) is 0 Å². The third-order valence-corrected chi connectivity index (χ3v) is 4.79. The lowest BCUT2D eigenvalue weighted by molar-refractivity contribution is -0.139. The van der Waals surface area contributed by atoms with Crippen molar-refractivity contribution in [2.75, 3.05) is 11.9 Å². The van der Waals surface area contributed by atoms with Gasteiger partial charge in [0.25, 0.3) is 5.91 Å². The van der Waals surface area contributed by atoms with Crippen molar-refractivity contribution in [1.82, 2.24) is 0 Å². The van der Waals surface area contributed by atoms with Gasteiger partial charge < -0.3 is 20.3 Å². The van der Waals surface area contributed by atoms with Crippen molar-refractivity contribution in [3.63, 3.8) is 0 Å². The van der Waals surface area contributed by atoms with Crippen molar-refractivity contribution in [2.45, 2.75) is 0 Å². The molecule has 0 atom stereocenters. The lowest BCUT2D eigenvalue weighted by Crippen LogP contribution is -2.14. The third-order valence-electron chi connectivity index (χ3n) is 3.40. The molecule has 148 valence electrons. The van der Waals surface area contributed by atoms with E-state index in [9.17, 15) is 19.6 Å². The molecule has 0 unspecified atom stereocenters. The van der Waals surface area contributed by atoms with Gasteiger partial charge in [0.05, 0.1) is 13.6 Å². The molecule has 0 aliphatic carbocycles. The fraction of sp³-hybridized carbons (Fsp3) is 0.0526. The number of benzene rings is 2. The Morgan fingerprint density at radius 1 is 1.24 bits per heavy atom. The van der Waals surface area contributed by atoms with E-state index in [1.54, 1.807) is 12.1 Å². The molecule has 0 spiro atoms. The van der Waals surface area contributed by atoms with Crippen molar-refractivity contribution in [3.05, 3.63) is 61.1 Å². The van der Waals surface area contributed by atoms with E-state index in [4.69, 9.17) is 14.9 Å². The van der Waals surface area contributed by atoms with Crippen molar-refractivity contribution in [2.24, 2.45) is 0 Å². The van der Waals surface area contributed by atoms with Gasteiger partial charge in [-0.3, -0.25) is 4.79 Å². The average molecular weight is 571 g/mol. The molecule has 0 bridgehead atoms. The number of carboxylic acids is 2. The first-order valence-corrected chi connectivity index (χ1v) is 9.68. The molecule has 0 aliphatic heterocycles. The number of rotatable bonds is 7. The summed E-state index contributed by atoms with van der Waals surface area (Å²) in [5, 5.41) is 29.6. The molecule has 1 amide bonds. The Labute approximate surface area is 187 Å². The smallest absolute Gasteiger partial charge is 0.341 e. The number of halogens is 2. The molecule has 29 heavy (non-hydrogen) atoms. The van der Waals surface area contributed by atoms with Crippen LogP contribution >= 0.6 is 38.5 Å². The zero-order valence-corrected chi connectivity index (χ0v) is 18.2. The van der Waals surface area contributed by atoms with Crippen LogP contribution in [0.2, 0.25) is 0 Å². The molecule has 3 N–H and O–H groups in total. The predicted molar refractivity (Wildman–Crippen MR) is 116 cm³/mol. The number of carbonyl (C=O) groups is 3. The van der Waals surface area contributed by atoms with E-state index in [-0.39, 0.29) is 16.8 Å². The molecule has 0 fully saturated rings. The van der Waals surface area contributed by atoms with E-state index in [2.05, 4.69) is 21.2 Å². The zero-order chi connectivity index (χ0) is 21.6. The number of nitrogens with zero attached hydrogens (tertiary/aromatic N) is 1. The predicted octanol–water partition coefficient (Wildman–Crippen LogP) is 3.76. The van der Waals surface area contributed by atoms with E-state index in [0.717, 1.165) is 0 Å². The number of aromatic carboxylic acids is 1. The summed E-state index contributed by atoms with van der Waals surface area (Å²) in [7, 11) is 0. The van der Waals surface area contributed by atoms with Gasteiger partial charge in [-0.05, 0) is 80.5 Å². The Kier molecular flexibility index (Phi) is 7.74. The van der Waals surface area contributed by atoms with Gasteiger partial charge in [0, 0.05) is 5.69 Å². The highest BCUT2D eigenvalue weighted by molar-refractivity contribution is 14.1. The number of carboxylic acid groups (broad SMARTS) is 2. The molecule has 2 aromatic rings. The van der Waals surface area contributed by atoms with Gasteiger partial charge in [0.15, 0.2) is 6.61 Å². The Balaban J connectivity index is 2.26. The molecule has 0 heterocycles. The summed E-state index contributed by atoms with van der Waals surface area (Å²) < 4.78 is 6.25. The van der Waals surface area contributed by atoms with Crippen LogP contribution < -0.4 is 10.1 Å². The standard InChI is InChI=1S/C19H12BrIN2O6/c20-14-5-10(6-15(21)17(14)29-9-16(24)25)4-12(8-22)18(26)23-13-3-1-2-11(7-13)19(27)28/h1-7H,9H2,(H,23,26)(H,24,25)(H,27,28)/b12-4-.